The highest BCUT2D eigenvalue weighted by Gasteiger charge is 2.34. The van der Waals surface area contributed by atoms with Crippen LogP contribution in [0.25, 0.3) is 5.57 Å². The van der Waals surface area contributed by atoms with Crippen LogP contribution in [-0.2, 0) is 21.4 Å². The van der Waals surface area contributed by atoms with Crippen molar-refractivity contribution in [2.75, 3.05) is 0 Å². The van der Waals surface area contributed by atoms with E-state index >= 15 is 0 Å². The van der Waals surface area contributed by atoms with Crippen LogP contribution >= 0.6 is 15.9 Å². The summed E-state index contributed by atoms with van der Waals surface area (Å²) in [6.07, 6.45) is 1.88. The summed E-state index contributed by atoms with van der Waals surface area (Å²) in [5, 5.41) is 5.20. The first-order valence-electron chi connectivity index (χ1n) is 11.3. The van der Waals surface area contributed by atoms with E-state index in [0.717, 1.165) is 27.6 Å². The molecule has 0 unspecified atom stereocenters. The van der Waals surface area contributed by atoms with Crippen molar-refractivity contribution >= 4 is 43.2 Å². The normalized spacial score (nSPS) is 13.5. The summed E-state index contributed by atoms with van der Waals surface area (Å²) in [5.74, 6) is -0.487. The van der Waals surface area contributed by atoms with Gasteiger partial charge in [-0.05, 0) is 59.5 Å². The van der Waals surface area contributed by atoms with Crippen LogP contribution in [0, 0.1) is 0 Å². The van der Waals surface area contributed by atoms with E-state index in [0.29, 0.717) is 24.1 Å². The number of hydrogen-bond donors (Lipinski definition) is 1. The Bertz CT molecular complexity index is 1420. The number of fused-ring (bicyclic) bond motifs is 1. The smallest absolute Gasteiger partial charge is 0.258 e. The molecule has 0 saturated carbocycles. The standard InChI is InChI=1S/C27H25BrN2O4S/c1-2-3-9-24(31)26-25(18-7-5-4-6-8-18)23-16-21(28)13-10-20(23)17-30(26)27(32)19-11-14-22(15-12-19)35(29,33)34/h4-8,10-16H,2-3,9,17H2,1H3,(H2,29,33,34). The fourth-order valence-electron chi connectivity index (χ4n) is 4.19. The van der Waals surface area contributed by atoms with E-state index < -0.39 is 10.0 Å². The van der Waals surface area contributed by atoms with Gasteiger partial charge in [0.05, 0.1) is 17.1 Å². The van der Waals surface area contributed by atoms with Gasteiger partial charge in [0.2, 0.25) is 10.0 Å². The van der Waals surface area contributed by atoms with Crippen molar-refractivity contribution in [3.63, 3.8) is 0 Å². The minimum Gasteiger partial charge on any atom is -0.300 e. The van der Waals surface area contributed by atoms with E-state index in [1.54, 1.807) is 0 Å². The zero-order valence-electron chi connectivity index (χ0n) is 19.2. The lowest BCUT2D eigenvalue weighted by Gasteiger charge is -2.33. The summed E-state index contributed by atoms with van der Waals surface area (Å²) < 4.78 is 24.2. The molecule has 0 radical (unpaired) electrons. The molecular formula is C27H25BrN2O4S. The third-order valence-corrected chi connectivity index (χ3v) is 7.36. The molecule has 6 nitrogen and oxygen atoms in total. The van der Waals surface area contributed by atoms with E-state index in [9.17, 15) is 18.0 Å². The Morgan fingerprint density at radius 3 is 2.31 bits per heavy atom. The lowest BCUT2D eigenvalue weighted by Crippen LogP contribution is -2.37. The maximum atomic E-state index is 13.8. The zero-order valence-corrected chi connectivity index (χ0v) is 21.6. The molecule has 1 aliphatic heterocycles. The van der Waals surface area contributed by atoms with Crippen molar-refractivity contribution in [1.82, 2.24) is 4.90 Å². The Kier molecular flexibility index (Phi) is 7.35. The quantitative estimate of drug-likeness (QED) is 0.431. The average Bonchev–Trinajstić information content (AvgIpc) is 2.85. The molecule has 8 heteroatoms. The Morgan fingerprint density at radius 1 is 1.00 bits per heavy atom. The Hall–Kier alpha value is -3.07. The fourth-order valence-corrected chi connectivity index (χ4v) is 5.07. The molecule has 0 fully saturated rings. The van der Waals surface area contributed by atoms with Crippen molar-refractivity contribution in [3.05, 3.63) is 105 Å². The first-order valence-corrected chi connectivity index (χ1v) is 13.6. The molecule has 0 atom stereocenters. The molecule has 1 amide bonds. The van der Waals surface area contributed by atoms with Crippen LogP contribution in [0.2, 0.25) is 0 Å². The van der Waals surface area contributed by atoms with E-state index in [1.165, 1.54) is 29.2 Å². The molecule has 35 heavy (non-hydrogen) atoms. The Balaban J connectivity index is 1.91. The van der Waals surface area contributed by atoms with Gasteiger partial charge in [0.15, 0.2) is 5.78 Å². The van der Waals surface area contributed by atoms with E-state index in [-0.39, 0.29) is 28.7 Å². The molecule has 3 aromatic carbocycles. The minimum atomic E-state index is -3.89. The predicted molar refractivity (Wildman–Crippen MR) is 139 cm³/mol. The minimum absolute atomic E-state index is 0.0809. The number of halogens is 1. The topological polar surface area (TPSA) is 97.5 Å². The Morgan fingerprint density at radius 2 is 1.69 bits per heavy atom. The number of allylic oxidation sites excluding steroid dienone is 1. The number of carbonyl (C=O) groups excluding carboxylic acids is 2. The van der Waals surface area contributed by atoms with Crippen LogP contribution in [0.4, 0.5) is 0 Å². The molecule has 0 spiro atoms. The average molecular weight is 553 g/mol. The van der Waals surface area contributed by atoms with Crippen LogP contribution in [0.3, 0.4) is 0 Å². The van der Waals surface area contributed by atoms with Crippen molar-refractivity contribution < 1.29 is 18.0 Å². The number of nitrogens with two attached hydrogens (primary N) is 1. The van der Waals surface area contributed by atoms with Crippen LogP contribution in [0.5, 0.6) is 0 Å². The molecular weight excluding hydrogens is 528 g/mol. The summed E-state index contributed by atoms with van der Waals surface area (Å²) in [7, 11) is -3.89. The first-order chi connectivity index (χ1) is 16.7. The van der Waals surface area contributed by atoms with Gasteiger partial charge in [-0.2, -0.15) is 0 Å². The number of Topliss-reactive ketones (excluding diaryl/α,β-unsaturated/α-hetero) is 1. The number of ketones is 1. The van der Waals surface area contributed by atoms with Gasteiger partial charge in [0.25, 0.3) is 5.91 Å². The molecule has 3 aromatic rings. The summed E-state index contributed by atoms with van der Waals surface area (Å²) in [6, 6.07) is 20.9. The van der Waals surface area contributed by atoms with Crippen LogP contribution in [0.15, 0.2) is 87.9 Å². The molecule has 0 aromatic heterocycles. The zero-order chi connectivity index (χ0) is 25.2. The SMILES string of the molecule is CCCCC(=O)C1=C(c2ccccc2)c2cc(Br)ccc2CN1C(=O)c1ccc(S(N)(=O)=O)cc1. The van der Waals surface area contributed by atoms with Gasteiger partial charge in [0, 0.05) is 22.0 Å². The second-order valence-electron chi connectivity index (χ2n) is 8.38. The predicted octanol–water partition coefficient (Wildman–Crippen LogP) is 5.27. The second kappa shape index (κ2) is 10.3. The molecule has 180 valence electrons. The van der Waals surface area contributed by atoms with Gasteiger partial charge in [-0.1, -0.05) is 65.7 Å². The molecule has 1 aliphatic rings. The van der Waals surface area contributed by atoms with Gasteiger partial charge in [-0.15, -0.1) is 0 Å². The monoisotopic (exact) mass is 552 g/mol. The van der Waals surface area contributed by atoms with Crippen LogP contribution in [-0.4, -0.2) is 25.0 Å². The second-order valence-corrected chi connectivity index (χ2v) is 10.9. The summed E-state index contributed by atoms with van der Waals surface area (Å²) >= 11 is 3.55. The largest absolute Gasteiger partial charge is 0.300 e. The number of amides is 1. The Labute approximate surface area is 213 Å². The van der Waals surface area contributed by atoms with Crippen LogP contribution in [0.1, 0.15) is 53.2 Å². The molecule has 1 heterocycles. The van der Waals surface area contributed by atoms with Crippen molar-refractivity contribution in [2.45, 2.75) is 37.6 Å². The fraction of sp³-hybridized carbons (Fsp3) is 0.185. The summed E-state index contributed by atoms with van der Waals surface area (Å²) in [5.41, 5.74) is 3.99. The number of unbranched alkanes of at least 4 members (excludes halogenated alkanes) is 1. The number of carbonyl (C=O) groups is 2. The highest BCUT2D eigenvalue weighted by molar-refractivity contribution is 9.10. The molecule has 0 saturated heterocycles. The molecule has 2 N–H and O–H groups in total. The molecule has 0 aliphatic carbocycles. The maximum Gasteiger partial charge on any atom is 0.258 e. The highest BCUT2D eigenvalue weighted by atomic mass is 79.9. The summed E-state index contributed by atoms with van der Waals surface area (Å²) in [6.45, 7) is 2.24. The molecule has 0 bridgehead atoms. The highest BCUT2D eigenvalue weighted by Crippen LogP contribution is 2.39. The lowest BCUT2D eigenvalue weighted by molar-refractivity contribution is -0.117. The van der Waals surface area contributed by atoms with Crippen molar-refractivity contribution in [3.8, 4) is 0 Å². The number of rotatable bonds is 7. The van der Waals surface area contributed by atoms with Crippen molar-refractivity contribution in [1.29, 1.82) is 0 Å². The van der Waals surface area contributed by atoms with Gasteiger partial charge >= 0.3 is 0 Å². The van der Waals surface area contributed by atoms with Gasteiger partial charge in [-0.3, -0.25) is 14.5 Å². The third kappa shape index (κ3) is 5.29. The number of hydrogen-bond acceptors (Lipinski definition) is 4. The number of sulfonamides is 1. The van der Waals surface area contributed by atoms with E-state index in [1.807, 2.05) is 55.5 Å². The van der Waals surface area contributed by atoms with E-state index in [4.69, 9.17) is 5.14 Å². The van der Waals surface area contributed by atoms with E-state index in [2.05, 4.69) is 15.9 Å². The number of primary sulfonamides is 1. The lowest BCUT2D eigenvalue weighted by atomic mass is 9.86. The van der Waals surface area contributed by atoms with Crippen LogP contribution < -0.4 is 5.14 Å². The number of nitrogens with zero attached hydrogens (tertiary/aromatic N) is 1. The first kappa shape index (κ1) is 25.0. The molecule has 4 rings (SSSR count). The summed E-state index contributed by atoms with van der Waals surface area (Å²) in [4.78, 5) is 28.8. The van der Waals surface area contributed by atoms with Gasteiger partial charge < -0.3 is 0 Å². The number of benzene rings is 3. The van der Waals surface area contributed by atoms with Crippen molar-refractivity contribution in [2.24, 2.45) is 5.14 Å². The third-order valence-electron chi connectivity index (χ3n) is 5.94. The maximum absolute atomic E-state index is 13.8. The van der Waals surface area contributed by atoms with Gasteiger partial charge in [0.1, 0.15) is 0 Å². The van der Waals surface area contributed by atoms with Gasteiger partial charge in [-0.25, -0.2) is 13.6 Å².